The van der Waals surface area contributed by atoms with E-state index in [1.54, 1.807) is 6.92 Å². The highest BCUT2D eigenvalue weighted by atomic mass is 16.5. The van der Waals surface area contributed by atoms with E-state index in [0.717, 1.165) is 12.8 Å². The first-order valence-corrected chi connectivity index (χ1v) is 6.71. The van der Waals surface area contributed by atoms with Crippen LogP contribution in [0.2, 0.25) is 0 Å². The summed E-state index contributed by atoms with van der Waals surface area (Å²) in [6, 6.07) is 0. The minimum atomic E-state index is -0.785. The van der Waals surface area contributed by atoms with Gasteiger partial charge in [-0.25, -0.2) is 0 Å². The molecule has 0 amide bonds. The van der Waals surface area contributed by atoms with Crippen LogP contribution in [-0.4, -0.2) is 73.8 Å². The van der Waals surface area contributed by atoms with E-state index in [9.17, 15) is 10.2 Å². The molecule has 0 heterocycles. The van der Waals surface area contributed by atoms with Gasteiger partial charge in [-0.2, -0.15) is 0 Å². The number of hydrogen-bond acceptors (Lipinski definition) is 5. The van der Waals surface area contributed by atoms with Gasteiger partial charge in [0, 0.05) is 26.2 Å². The van der Waals surface area contributed by atoms with Gasteiger partial charge in [0.1, 0.15) is 0 Å². The maximum absolute atomic E-state index is 10.0. The first-order chi connectivity index (χ1) is 8.37. The molecule has 0 aliphatic carbocycles. The molecule has 5 nitrogen and oxygen atoms in total. The van der Waals surface area contributed by atoms with E-state index in [1.165, 1.54) is 0 Å². The molecule has 0 saturated carbocycles. The summed E-state index contributed by atoms with van der Waals surface area (Å²) in [6.07, 6.45) is 1.61. The molecule has 110 valence electrons. The van der Waals surface area contributed by atoms with Crippen LogP contribution in [0.3, 0.4) is 0 Å². The number of hydrogen-bond donors (Lipinski definition) is 3. The Bertz CT molecular complexity index is 199. The van der Waals surface area contributed by atoms with E-state index in [4.69, 9.17) is 4.74 Å². The summed E-state index contributed by atoms with van der Waals surface area (Å²) >= 11 is 0. The molecule has 0 fully saturated rings. The molecule has 0 aliphatic rings. The summed E-state index contributed by atoms with van der Waals surface area (Å²) in [5, 5.41) is 22.7. The number of nitrogens with one attached hydrogen (secondary N) is 1. The molecule has 18 heavy (non-hydrogen) atoms. The molecule has 2 atom stereocenters. The number of unbranched alkanes of at least 4 members (excludes halogenated alkanes) is 1. The first-order valence-electron chi connectivity index (χ1n) is 6.71. The Morgan fingerprint density at radius 1 is 1.39 bits per heavy atom. The van der Waals surface area contributed by atoms with E-state index in [2.05, 4.69) is 12.2 Å². The van der Waals surface area contributed by atoms with Crippen LogP contribution < -0.4 is 5.32 Å². The monoisotopic (exact) mass is 262 g/mol. The molecule has 0 spiro atoms. The maximum Gasteiger partial charge on any atom is 0.0897 e. The summed E-state index contributed by atoms with van der Waals surface area (Å²) in [7, 11) is 3.84. The quantitative estimate of drug-likeness (QED) is 0.460. The Morgan fingerprint density at radius 3 is 2.61 bits per heavy atom. The molecule has 0 aliphatic heterocycles. The van der Waals surface area contributed by atoms with Crippen LogP contribution in [0.25, 0.3) is 0 Å². The zero-order chi connectivity index (χ0) is 14.0. The lowest BCUT2D eigenvalue weighted by Gasteiger charge is -2.27. The van der Waals surface area contributed by atoms with Gasteiger partial charge in [-0.3, -0.25) is 0 Å². The van der Waals surface area contributed by atoms with Crippen molar-refractivity contribution in [2.75, 3.05) is 46.9 Å². The Labute approximate surface area is 111 Å². The second-order valence-electron chi connectivity index (χ2n) is 5.45. The fourth-order valence-corrected chi connectivity index (χ4v) is 1.77. The van der Waals surface area contributed by atoms with E-state index in [-0.39, 0.29) is 0 Å². The van der Waals surface area contributed by atoms with Crippen LogP contribution in [0.4, 0.5) is 0 Å². The van der Waals surface area contributed by atoms with Gasteiger partial charge in [-0.05, 0) is 27.4 Å². The van der Waals surface area contributed by atoms with Gasteiger partial charge in [0.05, 0.1) is 18.3 Å². The van der Waals surface area contributed by atoms with Gasteiger partial charge >= 0.3 is 0 Å². The third kappa shape index (κ3) is 10.9. The summed E-state index contributed by atoms with van der Waals surface area (Å²) in [6.45, 7) is 6.42. The van der Waals surface area contributed by atoms with Gasteiger partial charge in [-0.15, -0.1) is 0 Å². The zero-order valence-electron chi connectivity index (χ0n) is 12.3. The number of ether oxygens (including phenoxy) is 1. The van der Waals surface area contributed by atoms with Crippen molar-refractivity contribution in [1.29, 1.82) is 0 Å². The zero-order valence-corrected chi connectivity index (χ0v) is 12.3. The van der Waals surface area contributed by atoms with Crippen LogP contribution >= 0.6 is 0 Å². The van der Waals surface area contributed by atoms with E-state index < -0.39 is 11.7 Å². The molecular formula is C13H30N2O3. The van der Waals surface area contributed by atoms with E-state index in [1.807, 2.05) is 19.0 Å². The van der Waals surface area contributed by atoms with Gasteiger partial charge in [0.2, 0.25) is 0 Å². The summed E-state index contributed by atoms with van der Waals surface area (Å²) in [5.74, 6) is 0. The maximum atomic E-state index is 10.0. The van der Waals surface area contributed by atoms with Crippen molar-refractivity contribution >= 4 is 0 Å². The molecule has 0 aromatic heterocycles. The Hall–Kier alpha value is -0.200. The number of aliphatic hydroxyl groups excluding tert-OH is 1. The molecule has 5 heteroatoms. The second-order valence-corrected chi connectivity index (χ2v) is 5.45. The highest BCUT2D eigenvalue weighted by Gasteiger charge is 2.20. The van der Waals surface area contributed by atoms with Crippen LogP contribution in [0.5, 0.6) is 0 Å². The van der Waals surface area contributed by atoms with E-state index >= 15 is 0 Å². The predicted molar refractivity (Wildman–Crippen MR) is 73.8 cm³/mol. The number of nitrogens with zero attached hydrogens (tertiary/aromatic N) is 1. The molecule has 0 aromatic rings. The lowest BCUT2D eigenvalue weighted by molar-refractivity contribution is 0.0174. The van der Waals surface area contributed by atoms with Crippen molar-refractivity contribution in [3.05, 3.63) is 0 Å². The standard InChI is InChI=1S/C13H30N2O3/c1-5-6-7-18-9-12(16)8-14-10-13(2,17)11-15(3)4/h12,14,16-17H,5-11H2,1-4H3. The number of rotatable bonds is 11. The second kappa shape index (κ2) is 9.69. The molecule has 2 unspecified atom stereocenters. The predicted octanol–water partition coefficient (Wildman–Crippen LogP) is 0.0662. The van der Waals surface area contributed by atoms with Gasteiger partial charge in [-0.1, -0.05) is 13.3 Å². The Kier molecular flexibility index (Phi) is 9.59. The third-order valence-corrected chi connectivity index (χ3v) is 2.50. The average Bonchev–Trinajstić information content (AvgIpc) is 2.22. The molecule has 0 aromatic carbocycles. The van der Waals surface area contributed by atoms with Crippen molar-refractivity contribution in [1.82, 2.24) is 10.2 Å². The summed E-state index contributed by atoms with van der Waals surface area (Å²) < 4.78 is 5.32. The minimum Gasteiger partial charge on any atom is -0.389 e. The van der Waals surface area contributed by atoms with Gasteiger partial charge in [0.15, 0.2) is 0 Å². The van der Waals surface area contributed by atoms with E-state index in [0.29, 0.717) is 32.8 Å². The molecule has 3 N–H and O–H groups in total. The van der Waals surface area contributed by atoms with Crippen LogP contribution in [-0.2, 0) is 4.74 Å². The molecule has 0 rings (SSSR count). The normalized spacial score (nSPS) is 16.8. The number of aliphatic hydroxyl groups is 2. The Morgan fingerprint density at radius 2 is 2.06 bits per heavy atom. The Balaban J connectivity index is 3.57. The third-order valence-electron chi connectivity index (χ3n) is 2.50. The summed E-state index contributed by atoms with van der Waals surface area (Å²) in [4.78, 5) is 1.94. The lowest BCUT2D eigenvalue weighted by atomic mass is 10.1. The fraction of sp³-hybridized carbons (Fsp3) is 1.00. The first kappa shape index (κ1) is 17.8. The van der Waals surface area contributed by atoms with Crippen LogP contribution in [0.1, 0.15) is 26.7 Å². The molecule has 0 bridgehead atoms. The van der Waals surface area contributed by atoms with Crippen molar-refractivity contribution in [3.63, 3.8) is 0 Å². The van der Waals surface area contributed by atoms with Crippen LogP contribution in [0, 0.1) is 0 Å². The average molecular weight is 262 g/mol. The van der Waals surface area contributed by atoms with Gasteiger partial charge in [0.25, 0.3) is 0 Å². The van der Waals surface area contributed by atoms with Crippen LogP contribution in [0.15, 0.2) is 0 Å². The SMILES string of the molecule is CCCCOCC(O)CNCC(C)(O)CN(C)C. The van der Waals surface area contributed by atoms with Crippen molar-refractivity contribution in [2.45, 2.75) is 38.4 Å². The van der Waals surface area contributed by atoms with Crippen molar-refractivity contribution in [3.8, 4) is 0 Å². The fourth-order valence-electron chi connectivity index (χ4n) is 1.77. The number of likely N-dealkylation sites (N-methyl/N-ethyl adjacent to an activating group) is 1. The largest absolute Gasteiger partial charge is 0.389 e. The van der Waals surface area contributed by atoms with Crippen molar-refractivity contribution < 1.29 is 14.9 Å². The highest BCUT2D eigenvalue weighted by molar-refractivity contribution is 4.78. The topological polar surface area (TPSA) is 65.0 Å². The smallest absolute Gasteiger partial charge is 0.0897 e. The molecular weight excluding hydrogens is 232 g/mol. The van der Waals surface area contributed by atoms with Crippen molar-refractivity contribution in [2.24, 2.45) is 0 Å². The lowest BCUT2D eigenvalue weighted by Crippen LogP contribution is -2.47. The highest BCUT2D eigenvalue weighted by Crippen LogP contribution is 2.02. The minimum absolute atomic E-state index is 0.350. The van der Waals surface area contributed by atoms with Gasteiger partial charge < -0.3 is 25.2 Å². The molecule has 0 radical (unpaired) electrons. The molecule has 0 saturated heterocycles. The summed E-state index contributed by atoms with van der Waals surface area (Å²) in [5.41, 5.74) is -0.785.